The molecule has 0 aromatic rings. The molecule has 110 valence electrons. The molecule has 0 radical (unpaired) electrons. The maximum absolute atomic E-state index is 11.7. The Hall–Kier alpha value is -1.35. The van der Waals surface area contributed by atoms with Crippen LogP contribution in [0.3, 0.4) is 0 Å². The number of urea groups is 1. The zero-order chi connectivity index (χ0) is 14.5. The number of hydrogen-bond acceptors (Lipinski definition) is 4. The van der Waals surface area contributed by atoms with E-state index in [1.54, 1.807) is 0 Å². The maximum atomic E-state index is 11.7. The molecule has 2 amide bonds. The molecule has 8 nitrogen and oxygen atoms in total. The zero-order valence-corrected chi connectivity index (χ0v) is 11.6. The van der Waals surface area contributed by atoms with Crippen molar-refractivity contribution in [2.24, 2.45) is 5.92 Å². The molecule has 1 saturated carbocycles. The van der Waals surface area contributed by atoms with Crippen LogP contribution in [0.25, 0.3) is 0 Å². The number of rotatable bonds is 8. The van der Waals surface area contributed by atoms with Gasteiger partial charge < -0.3 is 15.3 Å². The third-order valence-corrected chi connectivity index (χ3v) is 3.28. The number of carbonyl (C=O) groups excluding carboxylic acids is 1. The van der Waals surface area contributed by atoms with Gasteiger partial charge in [0.1, 0.15) is 6.54 Å². The van der Waals surface area contributed by atoms with Crippen molar-refractivity contribution in [3.05, 3.63) is 0 Å². The van der Waals surface area contributed by atoms with Crippen LogP contribution in [-0.4, -0.2) is 62.9 Å². The van der Waals surface area contributed by atoms with Crippen molar-refractivity contribution in [1.82, 2.24) is 14.9 Å². The summed E-state index contributed by atoms with van der Waals surface area (Å²) in [5.74, 6) is -0.677. The molecule has 0 aromatic carbocycles. The van der Waals surface area contributed by atoms with E-state index >= 15 is 0 Å². The number of hydrogen-bond donors (Lipinski definition) is 3. The van der Waals surface area contributed by atoms with Crippen molar-refractivity contribution in [3.63, 3.8) is 0 Å². The molecule has 1 rings (SSSR count). The number of carboxylic acids is 1. The van der Waals surface area contributed by atoms with Gasteiger partial charge in [-0.1, -0.05) is 0 Å². The molecule has 0 atom stereocenters. The lowest BCUT2D eigenvalue weighted by Crippen LogP contribution is -2.45. The van der Waals surface area contributed by atoms with E-state index in [2.05, 4.69) is 10.0 Å². The fourth-order valence-electron chi connectivity index (χ4n) is 1.51. The highest BCUT2D eigenvalue weighted by Crippen LogP contribution is 2.29. The van der Waals surface area contributed by atoms with Crippen LogP contribution in [0.5, 0.6) is 0 Å². The monoisotopic (exact) mass is 293 g/mol. The molecular formula is C10H19N3O5S. The largest absolute Gasteiger partial charge is 0.480 e. The average molecular weight is 293 g/mol. The Morgan fingerprint density at radius 1 is 1.32 bits per heavy atom. The van der Waals surface area contributed by atoms with Crippen molar-refractivity contribution in [2.75, 3.05) is 32.4 Å². The van der Waals surface area contributed by atoms with E-state index in [4.69, 9.17) is 5.11 Å². The summed E-state index contributed by atoms with van der Waals surface area (Å²) in [5.41, 5.74) is 0. The van der Waals surface area contributed by atoms with E-state index in [-0.39, 0.29) is 19.6 Å². The first kappa shape index (κ1) is 15.7. The van der Waals surface area contributed by atoms with Crippen LogP contribution in [-0.2, 0) is 14.8 Å². The highest BCUT2D eigenvalue weighted by molar-refractivity contribution is 7.88. The Labute approximate surface area is 112 Å². The summed E-state index contributed by atoms with van der Waals surface area (Å²) in [6, 6.07) is -0.482. The first-order valence-electron chi connectivity index (χ1n) is 5.97. The van der Waals surface area contributed by atoms with Gasteiger partial charge in [0.2, 0.25) is 10.0 Å². The summed E-state index contributed by atoms with van der Waals surface area (Å²) in [5, 5.41) is 11.2. The summed E-state index contributed by atoms with van der Waals surface area (Å²) in [6.07, 6.45) is 3.05. The van der Waals surface area contributed by atoms with Crippen molar-refractivity contribution in [1.29, 1.82) is 0 Å². The molecule has 0 heterocycles. The summed E-state index contributed by atoms with van der Waals surface area (Å²) < 4.78 is 23.8. The van der Waals surface area contributed by atoms with Crippen molar-refractivity contribution >= 4 is 22.0 Å². The Bertz CT molecular complexity index is 432. The second-order valence-corrected chi connectivity index (χ2v) is 6.45. The fourth-order valence-corrected chi connectivity index (χ4v) is 1.99. The highest BCUT2D eigenvalue weighted by Gasteiger charge is 2.27. The van der Waals surface area contributed by atoms with E-state index in [0.29, 0.717) is 12.5 Å². The Balaban J connectivity index is 2.32. The van der Waals surface area contributed by atoms with Gasteiger partial charge in [-0.05, 0) is 18.8 Å². The number of sulfonamides is 1. The van der Waals surface area contributed by atoms with Gasteiger partial charge in [-0.15, -0.1) is 0 Å². The van der Waals surface area contributed by atoms with Crippen molar-refractivity contribution < 1.29 is 23.1 Å². The Kier molecular flexibility index (Phi) is 5.55. The van der Waals surface area contributed by atoms with Gasteiger partial charge >= 0.3 is 12.0 Å². The SMILES string of the molecule is CS(=O)(=O)NCCNC(=O)N(CC(=O)O)CC1CC1. The number of carbonyl (C=O) groups is 2. The molecular weight excluding hydrogens is 274 g/mol. The van der Waals surface area contributed by atoms with E-state index in [1.807, 2.05) is 0 Å². The fraction of sp³-hybridized carbons (Fsp3) is 0.800. The minimum atomic E-state index is -3.28. The van der Waals surface area contributed by atoms with Crippen molar-refractivity contribution in [2.45, 2.75) is 12.8 Å². The summed E-state index contributed by atoms with van der Waals surface area (Å²) in [6.45, 7) is 0.279. The molecule has 3 N–H and O–H groups in total. The van der Waals surface area contributed by atoms with Gasteiger partial charge in [-0.3, -0.25) is 4.79 Å². The number of aliphatic carboxylic acids is 1. The number of amides is 2. The van der Waals surface area contributed by atoms with Crippen LogP contribution in [0.2, 0.25) is 0 Å². The number of nitrogens with one attached hydrogen (secondary N) is 2. The zero-order valence-electron chi connectivity index (χ0n) is 10.8. The average Bonchev–Trinajstić information content (AvgIpc) is 3.05. The van der Waals surface area contributed by atoms with Crippen LogP contribution in [0.1, 0.15) is 12.8 Å². The van der Waals surface area contributed by atoms with E-state index in [0.717, 1.165) is 19.1 Å². The number of carboxylic acid groups (broad SMARTS) is 1. The Morgan fingerprint density at radius 3 is 2.42 bits per heavy atom. The minimum absolute atomic E-state index is 0.0783. The van der Waals surface area contributed by atoms with Crippen LogP contribution in [0.4, 0.5) is 4.79 Å². The first-order valence-corrected chi connectivity index (χ1v) is 7.86. The van der Waals surface area contributed by atoms with Gasteiger partial charge in [-0.25, -0.2) is 17.9 Å². The molecule has 0 aliphatic heterocycles. The van der Waals surface area contributed by atoms with Gasteiger partial charge in [0.15, 0.2) is 0 Å². The summed E-state index contributed by atoms with van der Waals surface area (Å²) >= 11 is 0. The van der Waals surface area contributed by atoms with Crippen LogP contribution >= 0.6 is 0 Å². The molecule has 1 aliphatic carbocycles. The Morgan fingerprint density at radius 2 is 1.95 bits per heavy atom. The molecule has 0 saturated heterocycles. The minimum Gasteiger partial charge on any atom is -0.480 e. The van der Waals surface area contributed by atoms with Crippen molar-refractivity contribution in [3.8, 4) is 0 Å². The second-order valence-electron chi connectivity index (χ2n) is 4.62. The topological polar surface area (TPSA) is 116 Å². The third-order valence-electron chi connectivity index (χ3n) is 2.55. The standard InChI is InChI=1S/C10H19N3O5S/c1-19(17,18)12-5-4-11-10(16)13(7-9(14)15)6-8-2-3-8/h8,12H,2-7H2,1H3,(H,11,16)(H,14,15). The quantitative estimate of drug-likeness (QED) is 0.499. The molecule has 0 bridgehead atoms. The lowest BCUT2D eigenvalue weighted by Gasteiger charge is -2.21. The predicted octanol–water partition coefficient (Wildman–Crippen LogP) is -0.958. The first-order chi connectivity index (χ1) is 8.78. The van der Waals surface area contributed by atoms with Gasteiger partial charge in [0.05, 0.1) is 6.26 Å². The maximum Gasteiger partial charge on any atom is 0.323 e. The van der Waals surface area contributed by atoms with E-state index in [1.165, 1.54) is 4.90 Å². The molecule has 19 heavy (non-hydrogen) atoms. The smallest absolute Gasteiger partial charge is 0.323 e. The molecule has 1 fully saturated rings. The lowest BCUT2D eigenvalue weighted by atomic mass is 10.3. The number of nitrogens with zero attached hydrogens (tertiary/aromatic N) is 1. The van der Waals surface area contributed by atoms with Crippen LogP contribution in [0, 0.1) is 5.92 Å². The molecule has 0 aromatic heterocycles. The molecule has 9 heteroatoms. The van der Waals surface area contributed by atoms with Crippen LogP contribution in [0.15, 0.2) is 0 Å². The molecule has 0 spiro atoms. The van der Waals surface area contributed by atoms with Crippen LogP contribution < -0.4 is 10.0 Å². The van der Waals surface area contributed by atoms with E-state index < -0.39 is 22.0 Å². The third kappa shape index (κ3) is 7.62. The highest BCUT2D eigenvalue weighted by atomic mass is 32.2. The van der Waals surface area contributed by atoms with E-state index in [9.17, 15) is 18.0 Å². The lowest BCUT2D eigenvalue weighted by molar-refractivity contribution is -0.137. The van der Waals surface area contributed by atoms with Gasteiger partial charge in [0.25, 0.3) is 0 Å². The summed E-state index contributed by atoms with van der Waals surface area (Å²) in [7, 11) is -3.28. The van der Waals surface area contributed by atoms with Gasteiger partial charge in [-0.2, -0.15) is 0 Å². The van der Waals surface area contributed by atoms with Gasteiger partial charge in [0, 0.05) is 19.6 Å². The summed E-state index contributed by atoms with van der Waals surface area (Å²) in [4.78, 5) is 23.6. The molecule has 1 aliphatic rings. The predicted molar refractivity (Wildman–Crippen MR) is 68.2 cm³/mol. The molecule has 0 unspecified atom stereocenters. The normalized spacial score (nSPS) is 15.0. The second kappa shape index (κ2) is 6.71.